The van der Waals surface area contributed by atoms with E-state index in [1.165, 1.54) is 45.3 Å². The molecule has 2 saturated heterocycles. The second kappa shape index (κ2) is 5.99. The third-order valence-electron chi connectivity index (χ3n) is 4.24. The van der Waals surface area contributed by atoms with E-state index in [1.807, 2.05) is 7.11 Å². The Balaban J connectivity index is 1.86. The van der Waals surface area contributed by atoms with Gasteiger partial charge in [-0.3, -0.25) is 4.90 Å². The first-order chi connectivity index (χ1) is 7.81. The largest absolute Gasteiger partial charge is 0.380 e. The molecule has 0 saturated carbocycles. The molecule has 3 heteroatoms. The number of likely N-dealkylation sites (tertiary alicyclic amines) is 1. The first-order valence-electron chi connectivity index (χ1n) is 6.79. The van der Waals surface area contributed by atoms with Gasteiger partial charge in [-0.05, 0) is 58.2 Å². The monoisotopic (exact) mass is 226 g/mol. The predicted molar refractivity (Wildman–Crippen MR) is 66.7 cm³/mol. The lowest BCUT2D eigenvalue weighted by Gasteiger charge is -2.35. The molecule has 0 amide bonds. The summed E-state index contributed by atoms with van der Waals surface area (Å²) in [5.41, 5.74) is 0. The van der Waals surface area contributed by atoms with E-state index in [4.69, 9.17) is 4.74 Å². The standard InChI is InChI=1S/C13H26N2O/c1-11(16-2)10-15-9-3-4-13(15)12-5-7-14-8-6-12/h11-14H,3-10H2,1-2H3. The maximum atomic E-state index is 5.39. The fraction of sp³-hybridized carbons (Fsp3) is 1.00. The molecule has 94 valence electrons. The highest BCUT2D eigenvalue weighted by Gasteiger charge is 2.32. The zero-order chi connectivity index (χ0) is 11.4. The summed E-state index contributed by atoms with van der Waals surface area (Å²) in [6, 6.07) is 0.833. The summed E-state index contributed by atoms with van der Waals surface area (Å²) in [5.74, 6) is 0.924. The highest BCUT2D eigenvalue weighted by atomic mass is 16.5. The first-order valence-corrected chi connectivity index (χ1v) is 6.79. The second-order valence-corrected chi connectivity index (χ2v) is 5.34. The van der Waals surface area contributed by atoms with Crippen LogP contribution in [-0.2, 0) is 4.74 Å². The first kappa shape index (κ1) is 12.3. The SMILES string of the molecule is COC(C)CN1CCCC1C1CCNCC1. The molecule has 0 spiro atoms. The van der Waals surface area contributed by atoms with Gasteiger partial charge in [0.1, 0.15) is 0 Å². The van der Waals surface area contributed by atoms with E-state index in [-0.39, 0.29) is 0 Å². The molecule has 2 fully saturated rings. The van der Waals surface area contributed by atoms with Gasteiger partial charge in [0.2, 0.25) is 0 Å². The Kier molecular flexibility index (Phi) is 4.62. The van der Waals surface area contributed by atoms with Crippen molar-refractivity contribution in [2.75, 3.05) is 33.3 Å². The maximum absolute atomic E-state index is 5.39. The van der Waals surface area contributed by atoms with Gasteiger partial charge in [0.15, 0.2) is 0 Å². The second-order valence-electron chi connectivity index (χ2n) is 5.34. The summed E-state index contributed by atoms with van der Waals surface area (Å²) in [4.78, 5) is 2.67. The molecule has 3 nitrogen and oxygen atoms in total. The minimum Gasteiger partial charge on any atom is -0.380 e. The number of nitrogens with zero attached hydrogens (tertiary/aromatic N) is 1. The van der Waals surface area contributed by atoms with Crippen molar-refractivity contribution in [1.29, 1.82) is 0 Å². The lowest BCUT2D eigenvalue weighted by molar-refractivity contribution is 0.0577. The average molecular weight is 226 g/mol. The van der Waals surface area contributed by atoms with E-state index < -0.39 is 0 Å². The number of ether oxygens (including phenoxy) is 1. The number of hydrogen-bond acceptors (Lipinski definition) is 3. The number of methoxy groups -OCH3 is 1. The molecule has 0 aromatic carbocycles. The zero-order valence-corrected chi connectivity index (χ0v) is 10.7. The molecule has 0 aromatic heterocycles. The molecule has 2 aliphatic heterocycles. The van der Waals surface area contributed by atoms with Gasteiger partial charge in [-0.15, -0.1) is 0 Å². The number of rotatable bonds is 4. The lowest BCUT2D eigenvalue weighted by Crippen LogP contribution is -2.43. The summed E-state index contributed by atoms with van der Waals surface area (Å²) in [6.45, 7) is 7.01. The number of nitrogens with one attached hydrogen (secondary N) is 1. The molecule has 1 N–H and O–H groups in total. The lowest BCUT2D eigenvalue weighted by atomic mass is 9.88. The van der Waals surface area contributed by atoms with Crippen molar-refractivity contribution in [3.8, 4) is 0 Å². The van der Waals surface area contributed by atoms with Crippen LogP contribution >= 0.6 is 0 Å². The van der Waals surface area contributed by atoms with Crippen molar-refractivity contribution in [3.05, 3.63) is 0 Å². The topological polar surface area (TPSA) is 24.5 Å². The van der Waals surface area contributed by atoms with Gasteiger partial charge < -0.3 is 10.1 Å². The van der Waals surface area contributed by atoms with Crippen LogP contribution in [0.2, 0.25) is 0 Å². The van der Waals surface area contributed by atoms with Crippen molar-refractivity contribution in [2.45, 2.75) is 44.8 Å². The summed E-state index contributed by atoms with van der Waals surface area (Å²) < 4.78 is 5.39. The Hall–Kier alpha value is -0.120. The van der Waals surface area contributed by atoms with Crippen molar-refractivity contribution >= 4 is 0 Å². The van der Waals surface area contributed by atoms with E-state index in [1.54, 1.807) is 0 Å². The van der Waals surface area contributed by atoms with Crippen LogP contribution in [0.5, 0.6) is 0 Å². The van der Waals surface area contributed by atoms with Crippen LogP contribution in [0.15, 0.2) is 0 Å². The van der Waals surface area contributed by atoms with Gasteiger partial charge in [-0.25, -0.2) is 0 Å². The Bertz CT molecular complexity index is 204. The quantitative estimate of drug-likeness (QED) is 0.786. The summed E-state index contributed by atoms with van der Waals surface area (Å²) >= 11 is 0. The third kappa shape index (κ3) is 2.96. The Morgan fingerprint density at radius 2 is 2.06 bits per heavy atom. The third-order valence-corrected chi connectivity index (χ3v) is 4.24. The molecule has 0 aliphatic carbocycles. The molecule has 0 aromatic rings. The fourth-order valence-corrected chi connectivity index (χ4v) is 3.25. The molecule has 16 heavy (non-hydrogen) atoms. The summed E-state index contributed by atoms with van der Waals surface area (Å²) in [7, 11) is 1.82. The van der Waals surface area contributed by atoms with Crippen LogP contribution in [-0.4, -0.2) is 50.3 Å². The van der Waals surface area contributed by atoms with Crippen LogP contribution in [0, 0.1) is 5.92 Å². The van der Waals surface area contributed by atoms with Gasteiger partial charge >= 0.3 is 0 Å². The van der Waals surface area contributed by atoms with Crippen LogP contribution in [0.1, 0.15) is 32.6 Å². The average Bonchev–Trinajstić information content (AvgIpc) is 2.78. The van der Waals surface area contributed by atoms with Crippen molar-refractivity contribution in [3.63, 3.8) is 0 Å². The molecule has 2 rings (SSSR count). The number of piperidine rings is 1. The van der Waals surface area contributed by atoms with Crippen molar-refractivity contribution in [1.82, 2.24) is 10.2 Å². The Morgan fingerprint density at radius 1 is 1.31 bits per heavy atom. The fourth-order valence-electron chi connectivity index (χ4n) is 3.25. The molecular weight excluding hydrogens is 200 g/mol. The van der Waals surface area contributed by atoms with Gasteiger partial charge in [0.25, 0.3) is 0 Å². The van der Waals surface area contributed by atoms with Crippen LogP contribution in [0.3, 0.4) is 0 Å². The van der Waals surface area contributed by atoms with E-state index in [0.29, 0.717) is 6.10 Å². The van der Waals surface area contributed by atoms with E-state index >= 15 is 0 Å². The number of hydrogen-bond donors (Lipinski definition) is 1. The van der Waals surface area contributed by atoms with Crippen LogP contribution < -0.4 is 5.32 Å². The van der Waals surface area contributed by atoms with Crippen LogP contribution in [0.25, 0.3) is 0 Å². The van der Waals surface area contributed by atoms with E-state index in [0.717, 1.165) is 18.5 Å². The van der Waals surface area contributed by atoms with Crippen LogP contribution in [0.4, 0.5) is 0 Å². The molecule has 2 unspecified atom stereocenters. The van der Waals surface area contributed by atoms with Crippen molar-refractivity contribution in [2.24, 2.45) is 5.92 Å². The minimum atomic E-state index is 0.377. The maximum Gasteiger partial charge on any atom is 0.0670 e. The highest BCUT2D eigenvalue weighted by molar-refractivity contribution is 4.88. The Labute approximate surface area is 99.5 Å². The summed E-state index contributed by atoms with van der Waals surface area (Å²) in [6.07, 6.45) is 5.89. The smallest absolute Gasteiger partial charge is 0.0670 e. The van der Waals surface area contributed by atoms with Gasteiger partial charge in [-0.2, -0.15) is 0 Å². The minimum absolute atomic E-state index is 0.377. The molecule has 0 bridgehead atoms. The molecule has 0 radical (unpaired) electrons. The zero-order valence-electron chi connectivity index (χ0n) is 10.7. The highest BCUT2D eigenvalue weighted by Crippen LogP contribution is 2.29. The Morgan fingerprint density at radius 3 is 2.75 bits per heavy atom. The molecule has 2 atom stereocenters. The predicted octanol–water partition coefficient (Wildman–Crippen LogP) is 1.49. The van der Waals surface area contributed by atoms with Gasteiger partial charge in [-0.1, -0.05) is 0 Å². The van der Waals surface area contributed by atoms with E-state index in [2.05, 4.69) is 17.1 Å². The summed E-state index contributed by atoms with van der Waals surface area (Å²) in [5, 5.41) is 3.46. The molecular formula is C13H26N2O. The van der Waals surface area contributed by atoms with Gasteiger partial charge in [0, 0.05) is 19.7 Å². The normalized spacial score (nSPS) is 30.8. The molecule has 2 heterocycles. The van der Waals surface area contributed by atoms with Crippen molar-refractivity contribution < 1.29 is 4.74 Å². The van der Waals surface area contributed by atoms with Gasteiger partial charge in [0.05, 0.1) is 6.10 Å². The van der Waals surface area contributed by atoms with E-state index in [9.17, 15) is 0 Å². The molecule has 2 aliphatic rings.